The molecule has 34 heavy (non-hydrogen) atoms. The SMILES string of the molecule is Oc1cccc(N2CN(c3c(-c4ccccc4)cccc3-c3ccccc3)c3ccccc32)c1. The van der Waals surface area contributed by atoms with E-state index < -0.39 is 0 Å². The lowest BCUT2D eigenvalue weighted by molar-refractivity contribution is 0.475. The molecule has 0 bridgehead atoms. The fourth-order valence-corrected chi connectivity index (χ4v) is 4.82. The number of fused-ring (bicyclic) bond motifs is 1. The minimum absolute atomic E-state index is 0.267. The molecule has 5 aromatic carbocycles. The molecule has 0 radical (unpaired) electrons. The van der Waals surface area contributed by atoms with E-state index in [4.69, 9.17) is 0 Å². The zero-order chi connectivity index (χ0) is 22.9. The number of phenolic OH excluding ortho intramolecular Hbond substituents is 1. The van der Waals surface area contributed by atoms with Crippen molar-refractivity contribution in [3.63, 3.8) is 0 Å². The number of nitrogens with zero attached hydrogens (tertiary/aromatic N) is 2. The fourth-order valence-electron chi connectivity index (χ4n) is 4.82. The number of benzene rings is 5. The third kappa shape index (κ3) is 3.48. The van der Waals surface area contributed by atoms with Gasteiger partial charge in [0, 0.05) is 22.9 Å². The topological polar surface area (TPSA) is 26.7 Å². The van der Waals surface area contributed by atoms with Crippen molar-refractivity contribution in [2.24, 2.45) is 0 Å². The zero-order valence-electron chi connectivity index (χ0n) is 18.7. The average Bonchev–Trinajstić information content (AvgIpc) is 3.29. The first-order valence-corrected chi connectivity index (χ1v) is 11.5. The van der Waals surface area contributed by atoms with Crippen LogP contribution < -0.4 is 9.80 Å². The Labute approximate surface area is 199 Å². The first-order valence-electron chi connectivity index (χ1n) is 11.5. The summed E-state index contributed by atoms with van der Waals surface area (Å²) in [6.07, 6.45) is 0. The Bertz CT molecular complexity index is 1390. The molecule has 0 aliphatic carbocycles. The van der Waals surface area contributed by atoms with Crippen LogP contribution in [0.1, 0.15) is 0 Å². The van der Waals surface area contributed by atoms with Gasteiger partial charge in [-0.2, -0.15) is 0 Å². The standard InChI is InChI=1S/C31H24N2O/c34-26-16-9-15-25(21-26)32-22-33(30-20-8-7-19-29(30)32)31-27(23-11-3-1-4-12-23)17-10-18-28(31)24-13-5-2-6-14-24/h1-21,34H,22H2. The van der Waals surface area contributed by atoms with Crippen molar-refractivity contribution in [1.82, 2.24) is 0 Å². The van der Waals surface area contributed by atoms with E-state index in [2.05, 4.69) is 113 Å². The Balaban J connectivity index is 1.58. The third-order valence-corrected chi connectivity index (χ3v) is 6.36. The second-order valence-electron chi connectivity index (χ2n) is 8.44. The van der Waals surface area contributed by atoms with Gasteiger partial charge in [0.05, 0.1) is 17.1 Å². The second kappa shape index (κ2) is 8.45. The first kappa shape index (κ1) is 20.1. The maximum absolute atomic E-state index is 10.1. The van der Waals surface area contributed by atoms with Crippen LogP contribution in [0.5, 0.6) is 5.75 Å². The molecule has 1 heterocycles. The highest BCUT2D eigenvalue weighted by Gasteiger charge is 2.31. The Morgan fingerprint density at radius 3 is 1.62 bits per heavy atom. The summed E-state index contributed by atoms with van der Waals surface area (Å²) in [5, 5.41) is 10.1. The largest absolute Gasteiger partial charge is 0.508 e. The summed E-state index contributed by atoms with van der Waals surface area (Å²) in [7, 11) is 0. The van der Waals surface area contributed by atoms with Crippen LogP contribution in [0.4, 0.5) is 22.7 Å². The summed E-state index contributed by atoms with van der Waals surface area (Å²) in [6, 6.07) is 43.6. The van der Waals surface area contributed by atoms with E-state index in [0.29, 0.717) is 6.67 Å². The van der Waals surface area contributed by atoms with Gasteiger partial charge in [-0.1, -0.05) is 97.1 Å². The minimum Gasteiger partial charge on any atom is -0.508 e. The molecule has 0 saturated carbocycles. The van der Waals surface area contributed by atoms with Gasteiger partial charge < -0.3 is 14.9 Å². The lowest BCUT2D eigenvalue weighted by Crippen LogP contribution is -2.24. The molecule has 0 atom stereocenters. The van der Waals surface area contributed by atoms with Crippen molar-refractivity contribution < 1.29 is 5.11 Å². The summed E-state index contributed by atoms with van der Waals surface area (Å²) in [4.78, 5) is 4.65. The van der Waals surface area contributed by atoms with Crippen LogP contribution in [0.15, 0.2) is 127 Å². The van der Waals surface area contributed by atoms with Crippen molar-refractivity contribution in [2.75, 3.05) is 16.5 Å². The lowest BCUT2D eigenvalue weighted by atomic mass is 9.95. The average molecular weight is 441 g/mol. The van der Waals surface area contributed by atoms with Gasteiger partial charge in [-0.15, -0.1) is 0 Å². The molecule has 0 unspecified atom stereocenters. The van der Waals surface area contributed by atoms with Crippen LogP contribution >= 0.6 is 0 Å². The Hall–Kier alpha value is -4.50. The van der Waals surface area contributed by atoms with E-state index in [1.165, 1.54) is 27.9 Å². The molecule has 1 N–H and O–H groups in total. The summed E-state index contributed by atoms with van der Waals surface area (Å²) >= 11 is 0. The molecular formula is C31H24N2O. The highest BCUT2D eigenvalue weighted by Crippen LogP contribution is 2.49. The van der Waals surface area contributed by atoms with Gasteiger partial charge in [0.1, 0.15) is 12.4 Å². The van der Waals surface area contributed by atoms with Crippen LogP contribution in [0.2, 0.25) is 0 Å². The molecule has 6 rings (SSSR count). The molecule has 164 valence electrons. The van der Waals surface area contributed by atoms with Gasteiger partial charge in [-0.25, -0.2) is 0 Å². The summed E-state index contributed by atoms with van der Waals surface area (Å²) < 4.78 is 0. The number of para-hydroxylation sites is 3. The highest BCUT2D eigenvalue weighted by atomic mass is 16.3. The van der Waals surface area contributed by atoms with Crippen LogP contribution in [0.25, 0.3) is 22.3 Å². The molecule has 0 aromatic heterocycles. The van der Waals surface area contributed by atoms with Crippen LogP contribution in [-0.4, -0.2) is 11.8 Å². The van der Waals surface area contributed by atoms with Crippen molar-refractivity contribution >= 4 is 22.7 Å². The molecule has 1 aliphatic heterocycles. The molecule has 0 spiro atoms. The molecule has 0 saturated heterocycles. The van der Waals surface area contributed by atoms with Crippen LogP contribution in [-0.2, 0) is 0 Å². The Kier molecular flexibility index (Phi) is 5.00. The summed E-state index contributed by atoms with van der Waals surface area (Å²) in [5.41, 5.74) is 9.15. The van der Waals surface area contributed by atoms with Gasteiger partial charge in [0.25, 0.3) is 0 Å². The van der Waals surface area contributed by atoms with E-state index in [9.17, 15) is 5.11 Å². The van der Waals surface area contributed by atoms with E-state index in [1.807, 2.05) is 18.2 Å². The molecule has 3 heteroatoms. The van der Waals surface area contributed by atoms with Gasteiger partial charge in [0.15, 0.2) is 0 Å². The van der Waals surface area contributed by atoms with Crippen molar-refractivity contribution in [1.29, 1.82) is 0 Å². The van der Waals surface area contributed by atoms with E-state index >= 15 is 0 Å². The quantitative estimate of drug-likeness (QED) is 0.307. The number of hydrogen-bond acceptors (Lipinski definition) is 3. The number of hydrogen-bond donors (Lipinski definition) is 1. The highest BCUT2D eigenvalue weighted by molar-refractivity contribution is 5.98. The molecule has 1 aliphatic rings. The van der Waals surface area contributed by atoms with Gasteiger partial charge in [0.2, 0.25) is 0 Å². The third-order valence-electron chi connectivity index (χ3n) is 6.36. The Morgan fingerprint density at radius 2 is 1.03 bits per heavy atom. The summed E-state index contributed by atoms with van der Waals surface area (Å²) in [6.45, 7) is 0.645. The monoisotopic (exact) mass is 440 g/mol. The fraction of sp³-hybridized carbons (Fsp3) is 0.0323. The number of aromatic hydroxyl groups is 1. The first-order chi connectivity index (χ1) is 16.8. The predicted octanol–water partition coefficient (Wildman–Crippen LogP) is 7.97. The van der Waals surface area contributed by atoms with E-state index in [1.54, 1.807) is 6.07 Å². The van der Waals surface area contributed by atoms with Crippen LogP contribution in [0.3, 0.4) is 0 Å². The molecule has 0 fully saturated rings. The maximum Gasteiger partial charge on any atom is 0.117 e. The van der Waals surface area contributed by atoms with Crippen molar-refractivity contribution in [2.45, 2.75) is 0 Å². The molecule has 3 nitrogen and oxygen atoms in total. The predicted molar refractivity (Wildman–Crippen MR) is 141 cm³/mol. The number of phenols is 1. The van der Waals surface area contributed by atoms with Crippen molar-refractivity contribution in [3.05, 3.63) is 127 Å². The molecule has 5 aromatic rings. The number of anilines is 4. The molecule has 0 amide bonds. The van der Waals surface area contributed by atoms with Gasteiger partial charge in [-0.3, -0.25) is 0 Å². The normalized spacial score (nSPS) is 12.6. The van der Waals surface area contributed by atoms with Gasteiger partial charge in [-0.05, 0) is 35.4 Å². The number of rotatable bonds is 4. The van der Waals surface area contributed by atoms with E-state index in [-0.39, 0.29) is 5.75 Å². The second-order valence-corrected chi connectivity index (χ2v) is 8.44. The maximum atomic E-state index is 10.1. The van der Waals surface area contributed by atoms with Crippen molar-refractivity contribution in [3.8, 4) is 28.0 Å². The zero-order valence-corrected chi connectivity index (χ0v) is 18.7. The smallest absolute Gasteiger partial charge is 0.117 e. The Morgan fingerprint density at radius 1 is 0.500 bits per heavy atom. The lowest BCUT2D eigenvalue weighted by Gasteiger charge is -2.27. The summed E-state index contributed by atoms with van der Waals surface area (Å²) in [5.74, 6) is 0.267. The van der Waals surface area contributed by atoms with Crippen LogP contribution in [0, 0.1) is 0 Å². The minimum atomic E-state index is 0.267. The molecular weight excluding hydrogens is 416 g/mol. The van der Waals surface area contributed by atoms with E-state index in [0.717, 1.165) is 17.1 Å². The van der Waals surface area contributed by atoms with Gasteiger partial charge >= 0.3 is 0 Å².